The van der Waals surface area contributed by atoms with Gasteiger partial charge in [0.15, 0.2) is 0 Å². The topological polar surface area (TPSA) is 41.1 Å². The van der Waals surface area contributed by atoms with Crippen LogP contribution < -0.4 is 10.6 Å². The highest BCUT2D eigenvalue weighted by molar-refractivity contribution is 7.99. The molecule has 0 aliphatic carbocycles. The number of carbonyl (C=O) groups excluding carboxylic acids is 1. The summed E-state index contributed by atoms with van der Waals surface area (Å²) in [5.74, 6) is 1.28. The lowest BCUT2D eigenvalue weighted by molar-refractivity contribution is 0.0963. The van der Waals surface area contributed by atoms with Crippen molar-refractivity contribution in [3.63, 3.8) is 0 Å². The van der Waals surface area contributed by atoms with Gasteiger partial charge in [0, 0.05) is 31.0 Å². The maximum Gasteiger partial charge on any atom is 0.251 e. The van der Waals surface area contributed by atoms with E-state index in [1.54, 1.807) is 7.05 Å². The monoisotopic (exact) mass is 278 g/mol. The first kappa shape index (κ1) is 14.4. The Morgan fingerprint density at radius 1 is 1.32 bits per heavy atom. The molecular formula is C15H22N2OS. The second-order valence-corrected chi connectivity index (χ2v) is 6.30. The fourth-order valence-corrected chi connectivity index (χ4v) is 3.54. The normalized spacial score (nSPS) is 19.1. The molecular weight excluding hydrogens is 256 g/mol. The standard InChI is InChI=1S/C15H22N2OS/c1-16-15(18)13-7-5-12(6-8-13)10-17-11-14-4-2-3-9-19-14/h5-8,14,17H,2-4,9-11H2,1H3,(H,16,18). The van der Waals surface area contributed by atoms with Crippen LogP contribution in [0.15, 0.2) is 24.3 Å². The molecule has 1 aliphatic heterocycles. The van der Waals surface area contributed by atoms with Crippen LogP contribution in [0.2, 0.25) is 0 Å². The molecule has 1 aromatic rings. The van der Waals surface area contributed by atoms with Crippen molar-refractivity contribution in [3.8, 4) is 0 Å². The number of benzene rings is 1. The molecule has 0 aromatic heterocycles. The van der Waals surface area contributed by atoms with Gasteiger partial charge in [-0.1, -0.05) is 18.6 Å². The second-order valence-electron chi connectivity index (χ2n) is 4.90. The third-order valence-corrected chi connectivity index (χ3v) is 4.82. The van der Waals surface area contributed by atoms with E-state index in [2.05, 4.69) is 22.4 Å². The van der Waals surface area contributed by atoms with E-state index in [0.717, 1.165) is 18.3 Å². The molecule has 1 heterocycles. The molecule has 4 heteroatoms. The zero-order valence-corrected chi connectivity index (χ0v) is 12.3. The van der Waals surface area contributed by atoms with E-state index < -0.39 is 0 Å². The first-order chi connectivity index (χ1) is 9.29. The SMILES string of the molecule is CNC(=O)c1ccc(CNCC2CCCCS2)cc1. The summed E-state index contributed by atoms with van der Waals surface area (Å²) in [5.41, 5.74) is 1.95. The number of amides is 1. The Balaban J connectivity index is 1.75. The Kier molecular flexibility index (Phi) is 5.73. The lowest BCUT2D eigenvalue weighted by Gasteiger charge is -2.21. The van der Waals surface area contributed by atoms with Crippen LogP contribution in [0.25, 0.3) is 0 Å². The molecule has 0 bridgehead atoms. The predicted molar refractivity (Wildman–Crippen MR) is 81.6 cm³/mol. The van der Waals surface area contributed by atoms with Gasteiger partial charge in [0.05, 0.1) is 0 Å². The third kappa shape index (κ3) is 4.55. The predicted octanol–water partition coefficient (Wildman–Crippen LogP) is 2.42. The van der Waals surface area contributed by atoms with Crippen LogP contribution in [-0.2, 0) is 6.54 Å². The van der Waals surface area contributed by atoms with Gasteiger partial charge in [0.2, 0.25) is 0 Å². The second kappa shape index (κ2) is 7.56. The first-order valence-electron chi connectivity index (χ1n) is 6.93. The van der Waals surface area contributed by atoms with Crippen molar-refractivity contribution in [2.75, 3.05) is 19.3 Å². The fraction of sp³-hybridized carbons (Fsp3) is 0.533. The number of hydrogen-bond donors (Lipinski definition) is 2. The lowest BCUT2D eigenvalue weighted by atomic mass is 10.1. The molecule has 0 spiro atoms. The summed E-state index contributed by atoms with van der Waals surface area (Å²) < 4.78 is 0. The maximum absolute atomic E-state index is 11.4. The zero-order chi connectivity index (χ0) is 13.5. The van der Waals surface area contributed by atoms with Gasteiger partial charge in [-0.15, -0.1) is 0 Å². The van der Waals surface area contributed by atoms with Crippen LogP contribution >= 0.6 is 11.8 Å². The van der Waals surface area contributed by atoms with Crippen LogP contribution in [-0.4, -0.2) is 30.5 Å². The number of hydrogen-bond acceptors (Lipinski definition) is 3. The van der Waals surface area contributed by atoms with Crippen molar-refractivity contribution in [1.29, 1.82) is 0 Å². The summed E-state index contributed by atoms with van der Waals surface area (Å²) in [6.07, 6.45) is 4.09. The summed E-state index contributed by atoms with van der Waals surface area (Å²) in [5, 5.41) is 6.92. The van der Waals surface area contributed by atoms with Crippen molar-refractivity contribution >= 4 is 17.7 Å². The number of rotatable bonds is 5. The minimum atomic E-state index is -0.0295. The molecule has 2 rings (SSSR count). The Bertz CT molecular complexity index is 399. The van der Waals surface area contributed by atoms with E-state index in [4.69, 9.17) is 0 Å². The Morgan fingerprint density at radius 3 is 2.74 bits per heavy atom. The molecule has 0 radical (unpaired) electrons. The molecule has 1 saturated heterocycles. The van der Waals surface area contributed by atoms with Crippen molar-refractivity contribution in [1.82, 2.24) is 10.6 Å². The molecule has 1 amide bonds. The maximum atomic E-state index is 11.4. The molecule has 1 aliphatic rings. The number of thioether (sulfide) groups is 1. The van der Waals surface area contributed by atoms with Gasteiger partial charge in [0.1, 0.15) is 0 Å². The van der Waals surface area contributed by atoms with E-state index in [1.807, 2.05) is 24.3 Å². The van der Waals surface area contributed by atoms with Gasteiger partial charge in [-0.05, 0) is 36.3 Å². The quantitative estimate of drug-likeness (QED) is 0.869. The number of nitrogens with one attached hydrogen (secondary N) is 2. The molecule has 1 unspecified atom stereocenters. The fourth-order valence-electron chi connectivity index (χ4n) is 2.26. The molecule has 2 N–H and O–H groups in total. The Labute approximate surface area is 119 Å². The van der Waals surface area contributed by atoms with E-state index in [1.165, 1.54) is 30.6 Å². The van der Waals surface area contributed by atoms with Crippen LogP contribution in [0.3, 0.4) is 0 Å². The molecule has 3 nitrogen and oxygen atoms in total. The Hall–Kier alpha value is -1.00. The minimum absolute atomic E-state index is 0.0295. The first-order valence-corrected chi connectivity index (χ1v) is 7.98. The Morgan fingerprint density at radius 2 is 2.11 bits per heavy atom. The van der Waals surface area contributed by atoms with Crippen molar-refractivity contribution in [3.05, 3.63) is 35.4 Å². The van der Waals surface area contributed by atoms with Crippen LogP contribution in [0.1, 0.15) is 35.2 Å². The van der Waals surface area contributed by atoms with Crippen LogP contribution in [0, 0.1) is 0 Å². The highest BCUT2D eigenvalue weighted by Crippen LogP contribution is 2.24. The highest BCUT2D eigenvalue weighted by atomic mass is 32.2. The molecule has 19 heavy (non-hydrogen) atoms. The van der Waals surface area contributed by atoms with Gasteiger partial charge in [-0.2, -0.15) is 11.8 Å². The molecule has 1 fully saturated rings. The van der Waals surface area contributed by atoms with E-state index in [-0.39, 0.29) is 5.91 Å². The van der Waals surface area contributed by atoms with Crippen LogP contribution in [0.5, 0.6) is 0 Å². The molecule has 104 valence electrons. The largest absolute Gasteiger partial charge is 0.355 e. The molecule has 1 aromatic carbocycles. The van der Waals surface area contributed by atoms with Gasteiger partial charge in [-0.25, -0.2) is 0 Å². The van der Waals surface area contributed by atoms with Gasteiger partial charge < -0.3 is 10.6 Å². The van der Waals surface area contributed by atoms with E-state index in [9.17, 15) is 4.79 Å². The lowest BCUT2D eigenvalue weighted by Crippen LogP contribution is -2.26. The summed E-state index contributed by atoms with van der Waals surface area (Å²) in [6, 6.07) is 7.80. The van der Waals surface area contributed by atoms with Crippen molar-refractivity contribution in [2.45, 2.75) is 31.1 Å². The smallest absolute Gasteiger partial charge is 0.251 e. The summed E-state index contributed by atoms with van der Waals surface area (Å²) in [4.78, 5) is 11.4. The van der Waals surface area contributed by atoms with Gasteiger partial charge in [0.25, 0.3) is 5.91 Å². The van der Waals surface area contributed by atoms with E-state index in [0.29, 0.717) is 5.56 Å². The highest BCUT2D eigenvalue weighted by Gasteiger charge is 2.12. The minimum Gasteiger partial charge on any atom is -0.355 e. The zero-order valence-electron chi connectivity index (χ0n) is 11.4. The average Bonchev–Trinajstić information content (AvgIpc) is 2.48. The third-order valence-electron chi connectivity index (χ3n) is 3.42. The summed E-state index contributed by atoms with van der Waals surface area (Å²) in [7, 11) is 1.65. The number of carbonyl (C=O) groups is 1. The summed E-state index contributed by atoms with van der Waals surface area (Å²) in [6.45, 7) is 1.97. The summed E-state index contributed by atoms with van der Waals surface area (Å²) >= 11 is 2.09. The van der Waals surface area contributed by atoms with Crippen LogP contribution in [0.4, 0.5) is 0 Å². The molecule has 0 saturated carbocycles. The van der Waals surface area contributed by atoms with E-state index >= 15 is 0 Å². The van der Waals surface area contributed by atoms with Gasteiger partial charge in [-0.3, -0.25) is 4.79 Å². The average molecular weight is 278 g/mol. The van der Waals surface area contributed by atoms with Crippen molar-refractivity contribution in [2.24, 2.45) is 0 Å². The van der Waals surface area contributed by atoms with Crippen molar-refractivity contribution < 1.29 is 4.79 Å². The van der Waals surface area contributed by atoms with Gasteiger partial charge >= 0.3 is 0 Å². The molecule has 1 atom stereocenters.